The molecule has 0 fully saturated rings. The van der Waals surface area contributed by atoms with Crippen LogP contribution in [0.4, 0.5) is 18.9 Å². The van der Waals surface area contributed by atoms with Gasteiger partial charge in [-0.25, -0.2) is 9.97 Å². The van der Waals surface area contributed by atoms with E-state index in [0.29, 0.717) is 5.57 Å². The zero-order valence-electron chi connectivity index (χ0n) is 9.89. The molecule has 0 aliphatic rings. The van der Waals surface area contributed by atoms with Crippen molar-refractivity contribution < 1.29 is 13.2 Å². The standard InChI is InChI=1S/C11H14F3N3/c1-5(2)8-7(15)9(6(3)4)17-10(16-8)11(12,13)14/h6H,1,15H2,2-4H3. The van der Waals surface area contributed by atoms with Gasteiger partial charge in [-0.3, -0.25) is 0 Å². The van der Waals surface area contributed by atoms with Gasteiger partial charge < -0.3 is 5.73 Å². The molecule has 0 spiro atoms. The summed E-state index contributed by atoms with van der Waals surface area (Å²) in [6, 6.07) is 0. The van der Waals surface area contributed by atoms with Crippen molar-refractivity contribution in [3.05, 3.63) is 23.8 Å². The highest BCUT2D eigenvalue weighted by Crippen LogP contribution is 2.32. The van der Waals surface area contributed by atoms with Gasteiger partial charge in [-0.15, -0.1) is 0 Å². The largest absolute Gasteiger partial charge is 0.451 e. The third-order valence-electron chi connectivity index (χ3n) is 2.18. The van der Waals surface area contributed by atoms with Gasteiger partial charge in [0, 0.05) is 0 Å². The Balaban J connectivity index is 3.53. The van der Waals surface area contributed by atoms with Gasteiger partial charge in [0.2, 0.25) is 5.82 Å². The molecule has 2 N–H and O–H groups in total. The second kappa shape index (κ2) is 4.35. The van der Waals surface area contributed by atoms with Crippen molar-refractivity contribution in [1.82, 2.24) is 9.97 Å². The normalized spacial score (nSPS) is 11.9. The van der Waals surface area contributed by atoms with E-state index in [1.807, 2.05) is 0 Å². The van der Waals surface area contributed by atoms with E-state index in [9.17, 15) is 13.2 Å². The third kappa shape index (κ3) is 2.75. The lowest BCUT2D eigenvalue weighted by Crippen LogP contribution is -2.17. The monoisotopic (exact) mass is 245 g/mol. The maximum atomic E-state index is 12.6. The van der Waals surface area contributed by atoms with Crippen molar-refractivity contribution in [1.29, 1.82) is 0 Å². The number of aromatic nitrogens is 2. The van der Waals surface area contributed by atoms with Gasteiger partial charge in [0.25, 0.3) is 0 Å². The molecule has 0 saturated heterocycles. The van der Waals surface area contributed by atoms with Gasteiger partial charge >= 0.3 is 6.18 Å². The highest BCUT2D eigenvalue weighted by Gasteiger charge is 2.36. The fourth-order valence-electron chi connectivity index (χ4n) is 1.38. The van der Waals surface area contributed by atoms with E-state index < -0.39 is 12.0 Å². The Hall–Kier alpha value is -1.59. The summed E-state index contributed by atoms with van der Waals surface area (Å²) in [6.45, 7) is 8.58. The van der Waals surface area contributed by atoms with Crippen LogP contribution in [0.25, 0.3) is 5.57 Å². The first-order valence-electron chi connectivity index (χ1n) is 5.05. The lowest BCUT2D eigenvalue weighted by molar-refractivity contribution is -0.145. The first kappa shape index (κ1) is 13.5. The Morgan fingerprint density at radius 3 is 2.18 bits per heavy atom. The molecule has 1 aromatic heterocycles. The number of rotatable bonds is 2. The molecule has 0 aromatic carbocycles. The Morgan fingerprint density at radius 1 is 1.29 bits per heavy atom. The van der Waals surface area contributed by atoms with Crippen LogP contribution in [0, 0.1) is 0 Å². The number of anilines is 1. The van der Waals surface area contributed by atoms with Crippen LogP contribution in [-0.2, 0) is 6.18 Å². The Morgan fingerprint density at radius 2 is 1.82 bits per heavy atom. The van der Waals surface area contributed by atoms with Crippen LogP contribution in [0.1, 0.15) is 43.9 Å². The average molecular weight is 245 g/mol. The van der Waals surface area contributed by atoms with Gasteiger partial charge in [-0.05, 0) is 18.4 Å². The van der Waals surface area contributed by atoms with E-state index in [2.05, 4.69) is 16.5 Å². The maximum Gasteiger partial charge on any atom is 0.451 e. The summed E-state index contributed by atoms with van der Waals surface area (Å²) < 4.78 is 37.8. The summed E-state index contributed by atoms with van der Waals surface area (Å²) in [5.41, 5.74) is 6.56. The van der Waals surface area contributed by atoms with Crippen molar-refractivity contribution in [3.8, 4) is 0 Å². The van der Waals surface area contributed by atoms with Crippen LogP contribution in [0.5, 0.6) is 0 Å². The molecule has 0 amide bonds. The summed E-state index contributed by atoms with van der Waals surface area (Å²) in [4.78, 5) is 6.91. The minimum atomic E-state index is -4.58. The zero-order chi connectivity index (χ0) is 13.4. The maximum absolute atomic E-state index is 12.6. The lowest BCUT2D eigenvalue weighted by Gasteiger charge is -2.15. The topological polar surface area (TPSA) is 51.8 Å². The second-order valence-electron chi connectivity index (χ2n) is 4.13. The minimum Gasteiger partial charge on any atom is -0.395 e. The predicted molar refractivity (Wildman–Crippen MR) is 60.2 cm³/mol. The molecule has 94 valence electrons. The third-order valence-corrected chi connectivity index (χ3v) is 2.18. The number of allylic oxidation sites excluding steroid dienone is 1. The molecule has 0 unspecified atom stereocenters. The number of halogens is 3. The molecule has 0 aliphatic heterocycles. The van der Waals surface area contributed by atoms with Crippen molar-refractivity contribution in [2.75, 3.05) is 5.73 Å². The van der Waals surface area contributed by atoms with Crippen LogP contribution >= 0.6 is 0 Å². The molecular formula is C11H14F3N3. The van der Waals surface area contributed by atoms with Crippen molar-refractivity contribution >= 4 is 11.3 Å². The quantitative estimate of drug-likeness (QED) is 0.870. The van der Waals surface area contributed by atoms with Crippen LogP contribution in [0.3, 0.4) is 0 Å². The predicted octanol–water partition coefficient (Wildman–Crippen LogP) is 3.23. The van der Waals surface area contributed by atoms with E-state index in [1.165, 1.54) is 0 Å². The van der Waals surface area contributed by atoms with Crippen LogP contribution in [0.15, 0.2) is 6.58 Å². The summed E-state index contributed by atoms with van der Waals surface area (Å²) in [6.07, 6.45) is -4.58. The van der Waals surface area contributed by atoms with E-state index in [1.54, 1.807) is 20.8 Å². The highest BCUT2D eigenvalue weighted by molar-refractivity contribution is 5.70. The number of alkyl halides is 3. The van der Waals surface area contributed by atoms with E-state index >= 15 is 0 Å². The second-order valence-corrected chi connectivity index (χ2v) is 4.13. The molecule has 0 atom stereocenters. The molecule has 0 bridgehead atoms. The zero-order valence-corrected chi connectivity index (χ0v) is 9.89. The van der Waals surface area contributed by atoms with Crippen molar-refractivity contribution in [2.45, 2.75) is 32.9 Å². The van der Waals surface area contributed by atoms with Gasteiger partial charge in [-0.1, -0.05) is 20.4 Å². The summed E-state index contributed by atoms with van der Waals surface area (Å²) >= 11 is 0. The summed E-state index contributed by atoms with van der Waals surface area (Å²) in [5.74, 6) is -1.38. The molecule has 0 radical (unpaired) electrons. The molecule has 1 heterocycles. The van der Waals surface area contributed by atoms with E-state index in [-0.39, 0.29) is 23.0 Å². The Bertz CT molecular complexity index is 450. The molecule has 6 heteroatoms. The Labute approximate surface area is 97.6 Å². The molecule has 0 aliphatic carbocycles. The number of hydrogen-bond acceptors (Lipinski definition) is 3. The summed E-state index contributed by atoms with van der Waals surface area (Å²) in [5, 5.41) is 0. The molecule has 1 aromatic rings. The van der Waals surface area contributed by atoms with Gasteiger partial charge in [0.05, 0.1) is 17.1 Å². The SMILES string of the molecule is C=C(C)c1nc(C(F)(F)F)nc(C(C)C)c1N. The van der Waals surface area contributed by atoms with Crippen molar-refractivity contribution in [3.63, 3.8) is 0 Å². The minimum absolute atomic E-state index is 0.0658. The number of nitrogens with two attached hydrogens (primary N) is 1. The molecular weight excluding hydrogens is 231 g/mol. The van der Waals surface area contributed by atoms with Gasteiger partial charge in [0.15, 0.2) is 0 Å². The lowest BCUT2D eigenvalue weighted by atomic mass is 10.0. The van der Waals surface area contributed by atoms with E-state index in [4.69, 9.17) is 5.73 Å². The van der Waals surface area contributed by atoms with Gasteiger partial charge in [0.1, 0.15) is 0 Å². The van der Waals surface area contributed by atoms with Crippen LogP contribution < -0.4 is 5.73 Å². The fraction of sp³-hybridized carbons (Fsp3) is 0.455. The molecule has 0 saturated carbocycles. The Kier molecular flexibility index (Phi) is 3.45. The molecule has 1 rings (SSSR count). The van der Waals surface area contributed by atoms with Crippen LogP contribution in [0.2, 0.25) is 0 Å². The van der Waals surface area contributed by atoms with E-state index in [0.717, 1.165) is 0 Å². The average Bonchev–Trinajstić information content (AvgIpc) is 2.14. The number of hydrogen-bond donors (Lipinski definition) is 1. The van der Waals surface area contributed by atoms with Crippen molar-refractivity contribution in [2.24, 2.45) is 0 Å². The van der Waals surface area contributed by atoms with Crippen LogP contribution in [-0.4, -0.2) is 9.97 Å². The van der Waals surface area contributed by atoms with Gasteiger partial charge in [-0.2, -0.15) is 13.2 Å². The highest BCUT2D eigenvalue weighted by atomic mass is 19.4. The smallest absolute Gasteiger partial charge is 0.395 e. The first-order valence-corrected chi connectivity index (χ1v) is 5.05. The first-order chi connectivity index (χ1) is 7.64. The molecule has 3 nitrogen and oxygen atoms in total. The summed E-state index contributed by atoms with van der Waals surface area (Å²) in [7, 11) is 0. The molecule has 17 heavy (non-hydrogen) atoms. The fourth-order valence-corrected chi connectivity index (χ4v) is 1.38. The number of nitrogen functional groups attached to an aromatic ring is 1. The number of nitrogens with zero attached hydrogens (tertiary/aromatic N) is 2.